The Morgan fingerprint density at radius 2 is 1.83 bits per heavy atom. The molecule has 0 aliphatic rings. The van der Waals surface area contributed by atoms with Crippen molar-refractivity contribution < 1.29 is 4.52 Å². The summed E-state index contributed by atoms with van der Waals surface area (Å²) in [7, 11) is 0. The fraction of sp³-hybridized carbons (Fsp3) is 0.429. The average molecular weight is 262 g/mol. The highest BCUT2D eigenvalue weighted by molar-refractivity contribution is 7.98. The Balaban J connectivity index is 1.98. The lowest BCUT2D eigenvalue weighted by atomic mass is 9.96. The SMILES string of the molecule is Cc1ccc(SCc2nc(C(C)(C)C)no2)cc1. The lowest BCUT2D eigenvalue weighted by Gasteiger charge is -2.10. The van der Waals surface area contributed by atoms with Crippen LogP contribution >= 0.6 is 11.8 Å². The van der Waals surface area contributed by atoms with Crippen LogP contribution in [-0.4, -0.2) is 10.1 Å². The molecular weight excluding hydrogens is 244 g/mol. The molecular formula is C14H18N2OS. The van der Waals surface area contributed by atoms with Gasteiger partial charge in [-0.1, -0.05) is 43.6 Å². The summed E-state index contributed by atoms with van der Waals surface area (Å²) in [6.45, 7) is 8.32. The molecule has 1 heterocycles. The minimum atomic E-state index is -0.0593. The monoisotopic (exact) mass is 262 g/mol. The second-order valence-electron chi connectivity index (χ2n) is 5.36. The van der Waals surface area contributed by atoms with Crippen LogP contribution in [0.3, 0.4) is 0 Å². The number of hydrogen-bond acceptors (Lipinski definition) is 4. The van der Waals surface area contributed by atoms with E-state index in [2.05, 4.69) is 62.1 Å². The van der Waals surface area contributed by atoms with Gasteiger partial charge in [-0.05, 0) is 19.1 Å². The van der Waals surface area contributed by atoms with Crippen LogP contribution in [-0.2, 0) is 11.2 Å². The van der Waals surface area contributed by atoms with E-state index in [9.17, 15) is 0 Å². The molecule has 0 radical (unpaired) electrons. The molecule has 2 aromatic rings. The fourth-order valence-electron chi connectivity index (χ4n) is 1.40. The zero-order chi connectivity index (χ0) is 13.2. The van der Waals surface area contributed by atoms with Gasteiger partial charge in [-0.15, -0.1) is 11.8 Å². The first kappa shape index (κ1) is 13.1. The first-order valence-corrected chi connectivity index (χ1v) is 6.96. The molecule has 0 saturated carbocycles. The van der Waals surface area contributed by atoms with E-state index in [-0.39, 0.29) is 5.41 Å². The van der Waals surface area contributed by atoms with E-state index in [1.165, 1.54) is 10.5 Å². The molecule has 1 aromatic carbocycles. The number of nitrogens with zero attached hydrogens (tertiary/aromatic N) is 2. The third kappa shape index (κ3) is 3.35. The zero-order valence-electron chi connectivity index (χ0n) is 11.2. The third-order valence-corrected chi connectivity index (χ3v) is 3.52. The molecule has 0 aliphatic heterocycles. The van der Waals surface area contributed by atoms with E-state index in [4.69, 9.17) is 4.52 Å². The van der Waals surface area contributed by atoms with Crippen molar-refractivity contribution in [2.45, 2.75) is 43.8 Å². The van der Waals surface area contributed by atoms with Gasteiger partial charge in [-0.25, -0.2) is 0 Å². The van der Waals surface area contributed by atoms with Crippen molar-refractivity contribution in [1.82, 2.24) is 10.1 Å². The first-order chi connectivity index (χ1) is 8.45. The summed E-state index contributed by atoms with van der Waals surface area (Å²) in [6.07, 6.45) is 0. The number of benzene rings is 1. The first-order valence-electron chi connectivity index (χ1n) is 5.98. The summed E-state index contributed by atoms with van der Waals surface area (Å²) in [5.41, 5.74) is 1.21. The van der Waals surface area contributed by atoms with Gasteiger partial charge in [0.2, 0.25) is 5.89 Å². The van der Waals surface area contributed by atoms with Crippen molar-refractivity contribution in [3.63, 3.8) is 0 Å². The maximum Gasteiger partial charge on any atom is 0.237 e. The molecule has 1 aromatic heterocycles. The van der Waals surface area contributed by atoms with Gasteiger partial charge in [0.15, 0.2) is 5.82 Å². The molecule has 0 unspecified atom stereocenters. The Labute approximate surface area is 112 Å². The van der Waals surface area contributed by atoms with Gasteiger partial charge in [0, 0.05) is 10.3 Å². The topological polar surface area (TPSA) is 38.9 Å². The van der Waals surface area contributed by atoms with Crippen molar-refractivity contribution in [1.29, 1.82) is 0 Å². The summed E-state index contributed by atoms with van der Waals surface area (Å²) in [6, 6.07) is 8.44. The van der Waals surface area contributed by atoms with E-state index < -0.39 is 0 Å². The van der Waals surface area contributed by atoms with E-state index in [0.29, 0.717) is 11.6 Å². The number of thioether (sulfide) groups is 1. The van der Waals surface area contributed by atoms with Crippen LogP contribution in [0.2, 0.25) is 0 Å². The van der Waals surface area contributed by atoms with Crippen LogP contribution in [0.1, 0.15) is 38.0 Å². The quantitative estimate of drug-likeness (QED) is 0.785. The normalized spacial score (nSPS) is 11.8. The van der Waals surface area contributed by atoms with Crippen molar-refractivity contribution in [2.75, 3.05) is 0 Å². The Morgan fingerprint density at radius 1 is 1.17 bits per heavy atom. The van der Waals surface area contributed by atoms with Gasteiger partial charge in [0.05, 0.1) is 5.75 Å². The number of aryl methyl sites for hydroxylation is 1. The highest BCUT2D eigenvalue weighted by atomic mass is 32.2. The summed E-state index contributed by atoms with van der Waals surface area (Å²) in [5, 5.41) is 4.01. The molecule has 0 spiro atoms. The largest absolute Gasteiger partial charge is 0.338 e. The van der Waals surface area contributed by atoms with Crippen molar-refractivity contribution in [3.05, 3.63) is 41.5 Å². The van der Waals surface area contributed by atoms with Gasteiger partial charge in [-0.2, -0.15) is 4.98 Å². The molecule has 0 aliphatic carbocycles. The van der Waals surface area contributed by atoms with E-state index >= 15 is 0 Å². The van der Waals surface area contributed by atoms with Crippen LogP contribution in [0.4, 0.5) is 0 Å². The Kier molecular flexibility index (Phi) is 3.76. The molecule has 0 N–H and O–H groups in total. The highest BCUT2D eigenvalue weighted by Crippen LogP contribution is 2.24. The Morgan fingerprint density at radius 3 is 2.39 bits per heavy atom. The van der Waals surface area contributed by atoms with Crippen molar-refractivity contribution >= 4 is 11.8 Å². The minimum Gasteiger partial charge on any atom is -0.338 e. The molecule has 0 bridgehead atoms. The maximum absolute atomic E-state index is 5.25. The number of hydrogen-bond donors (Lipinski definition) is 0. The van der Waals surface area contributed by atoms with Gasteiger partial charge in [0.1, 0.15) is 0 Å². The fourth-order valence-corrected chi connectivity index (χ4v) is 2.13. The molecule has 0 atom stereocenters. The predicted molar refractivity (Wildman–Crippen MR) is 73.7 cm³/mol. The maximum atomic E-state index is 5.25. The minimum absolute atomic E-state index is 0.0593. The number of aromatic nitrogens is 2. The highest BCUT2D eigenvalue weighted by Gasteiger charge is 2.20. The summed E-state index contributed by atoms with van der Waals surface area (Å²) < 4.78 is 5.25. The Bertz CT molecular complexity index is 511. The van der Waals surface area contributed by atoms with Crippen LogP contribution in [0.25, 0.3) is 0 Å². The van der Waals surface area contributed by atoms with Crippen LogP contribution in [0.5, 0.6) is 0 Å². The molecule has 3 nitrogen and oxygen atoms in total. The van der Waals surface area contributed by atoms with Crippen molar-refractivity contribution in [2.24, 2.45) is 0 Å². The summed E-state index contributed by atoms with van der Waals surface area (Å²) in [5.74, 6) is 2.17. The van der Waals surface area contributed by atoms with Gasteiger partial charge >= 0.3 is 0 Å². The molecule has 4 heteroatoms. The lowest BCUT2D eigenvalue weighted by Crippen LogP contribution is -2.13. The average Bonchev–Trinajstić information content (AvgIpc) is 2.77. The smallest absolute Gasteiger partial charge is 0.237 e. The number of rotatable bonds is 3. The standard InChI is InChI=1S/C14H18N2OS/c1-10-5-7-11(8-6-10)18-9-12-15-13(16-17-12)14(2,3)4/h5-8H,9H2,1-4H3. The second kappa shape index (κ2) is 5.14. The van der Waals surface area contributed by atoms with Gasteiger partial charge < -0.3 is 4.52 Å². The molecule has 96 valence electrons. The summed E-state index contributed by atoms with van der Waals surface area (Å²) in [4.78, 5) is 5.63. The molecule has 0 fully saturated rings. The van der Waals surface area contributed by atoms with Gasteiger partial charge in [0.25, 0.3) is 0 Å². The van der Waals surface area contributed by atoms with Crippen LogP contribution in [0.15, 0.2) is 33.7 Å². The van der Waals surface area contributed by atoms with Crippen LogP contribution in [0, 0.1) is 6.92 Å². The lowest BCUT2D eigenvalue weighted by molar-refractivity contribution is 0.373. The van der Waals surface area contributed by atoms with E-state index in [1.807, 2.05) is 0 Å². The van der Waals surface area contributed by atoms with Crippen molar-refractivity contribution in [3.8, 4) is 0 Å². The predicted octanol–water partition coefficient (Wildman–Crippen LogP) is 3.97. The van der Waals surface area contributed by atoms with Crippen LogP contribution < -0.4 is 0 Å². The Hall–Kier alpha value is -1.29. The molecule has 0 saturated heterocycles. The molecule has 2 rings (SSSR count). The molecule has 0 amide bonds. The van der Waals surface area contributed by atoms with E-state index in [0.717, 1.165) is 5.82 Å². The van der Waals surface area contributed by atoms with Gasteiger partial charge in [-0.3, -0.25) is 0 Å². The third-order valence-electron chi connectivity index (χ3n) is 2.52. The van der Waals surface area contributed by atoms with E-state index in [1.54, 1.807) is 11.8 Å². The summed E-state index contributed by atoms with van der Waals surface area (Å²) >= 11 is 1.71. The molecule has 18 heavy (non-hydrogen) atoms. The zero-order valence-corrected chi connectivity index (χ0v) is 12.0. The second-order valence-corrected chi connectivity index (χ2v) is 6.41.